The first-order valence-electron chi connectivity index (χ1n) is 11.9. The van der Waals surface area contributed by atoms with E-state index >= 15 is 0 Å². The van der Waals surface area contributed by atoms with E-state index in [0.717, 1.165) is 22.6 Å². The molecule has 3 aromatic carbocycles. The topological polar surface area (TPSA) is 94.2 Å². The van der Waals surface area contributed by atoms with Gasteiger partial charge in [-0.3, -0.25) is 14.9 Å². The van der Waals surface area contributed by atoms with Gasteiger partial charge in [0.25, 0.3) is 11.8 Å². The van der Waals surface area contributed by atoms with Crippen molar-refractivity contribution in [2.45, 2.75) is 20.3 Å². The lowest BCUT2D eigenvalue weighted by atomic mass is 10.1. The minimum atomic E-state index is -0.806. The zero-order valence-electron chi connectivity index (χ0n) is 20.9. The van der Waals surface area contributed by atoms with Crippen molar-refractivity contribution in [2.75, 3.05) is 25.2 Å². The van der Waals surface area contributed by atoms with Gasteiger partial charge in [0.05, 0.1) is 12.8 Å². The molecule has 0 bridgehead atoms. The van der Waals surface area contributed by atoms with Crippen LogP contribution in [0, 0.1) is 6.92 Å². The largest absolute Gasteiger partial charge is 0.497 e. The number of imide groups is 2. The van der Waals surface area contributed by atoms with E-state index in [1.54, 1.807) is 48.5 Å². The number of aryl methyl sites for hydroxylation is 2. The van der Waals surface area contributed by atoms with Gasteiger partial charge in [0.1, 0.15) is 36.0 Å². The molecule has 4 rings (SSSR count). The summed E-state index contributed by atoms with van der Waals surface area (Å²) in [4.78, 5) is 38.7. The van der Waals surface area contributed by atoms with Crippen molar-refractivity contribution in [3.63, 3.8) is 0 Å². The Kier molecular flexibility index (Phi) is 7.88. The normalized spacial score (nSPS) is 14.5. The van der Waals surface area contributed by atoms with Crippen LogP contribution in [0.25, 0.3) is 6.08 Å². The number of urea groups is 1. The van der Waals surface area contributed by atoms with E-state index in [0.29, 0.717) is 36.0 Å². The highest BCUT2D eigenvalue weighted by Gasteiger charge is 2.36. The fraction of sp³-hybridized carbons (Fsp3) is 0.207. The molecule has 4 amide bonds. The van der Waals surface area contributed by atoms with E-state index in [4.69, 9.17) is 14.2 Å². The standard InChI is InChI=1S/C29H28N2O6/c1-4-20-15-19(2)16-25(17-20)37-14-13-36-24-9-5-21(6-10-24)18-26-27(32)30-29(34)31(28(26)33)22-7-11-23(35-3)12-8-22/h5-12,15-18H,4,13-14H2,1-3H3,(H,30,32,34). The molecular formula is C29H28N2O6. The molecule has 0 unspecified atom stereocenters. The van der Waals surface area contributed by atoms with E-state index in [9.17, 15) is 14.4 Å². The summed E-state index contributed by atoms with van der Waals surface area (Å²) in [6, 6.07) is 18.7. The van der Waals surface area contributed by atoms with Crippen LogP contribution in [-0.4, -0.2) is 38.2 Å². The van der Waals surface area contributed by atoms with Crippen LogP contribution < -0.4 is 24.4 Å². The predicted octanol–water partition coefficient (Wildman–Crippen LogP) is 4.69. The fourth-order valence-corrected chi connectivity index (χ4v) is 3.88. The van der Waals surface area contributed by atoms with E-state index in [-0.39, 0.29) is 5.57 Å². The third kappa shape index (κ3) is 6.16. The second-order valence-electron chi connectivity index (χ2n) is 8.43. The van der Waals surface area contributed by atoms with Crippen molar-refractivity contribution >= 4 is 29.6 Å². The first-order valence-corrected chi connectivity index (χ1v) is 11.9. The van der Waals surface area contributed by atoms with E-state index < -0.39 is 17.8 Å². The third-order valence-electron chi connectivity index (χ3n) is 5.76. The van der Waals surface area contributed by atoms with Crippen LogP contribution in [-0.2, 0) is 16.0 Å². The van der Waals surface area contributed by atoms with Gasteiger partial charge in [-0.25, -0.2) is 9.69 Å². The van der Waals surface area contributed by atoms with Gasteiger partial charge in [0.2, 0.25) is 0 Å². The Morgan fingerprint density at radius 1 is 0.838 bits per heavy atom. The van der Waals surface area contributed by atoms with E-state index in [2.05, 4.69) is 18.3 Å². The van der Waals surface area contributed by atoms with Crippen molar-refractivity contribution in [3.8, 4) is 17.2 Å². The Hall–Kier alpha value is -4.59. The van der Waals surface area contributed by atoms with Crippen molar-refractivity contribution in [1.82, 2.24) is 5.32 Å². The summed E-state index contributed by atoms with van der Waals surface area (Å²) in [5.74, 6) is 0.562. The number of rotatable bonds is 9. The zero-order chi connectivity index (χ0) is 26.4. The minimum Gasteiger partial charge on any atom is -0.497 e. The lowest BCUT2D eigenvalue weighted by molar-refractivity contribution is -0.122. The first kappa shape index (κ1) is 25.5. The van der Waals surface area contributed by atoms with Crippen LogP contribution in [0.2, 0.25) is 0 Å². The fourth-order valence-electron chi connectivity index (χ4n) is 3.88. The highest BCUT2D eigenvalue weighted by Crippen LogP contribution is 2.25. The molecule has 1 saturated heterocycles. The molecule has 8 heteroatoms. The molecular weight excluding hydrogens is 472 g/mol. The number of barbiturate groups is 1. The molecule has 1 aliphatic heterocycles. The lowest BCUT2D eigenvalue weighted by Gasteiger charge is -2.26. The second-order valence-corrected chi connectivity index (χ2v) is 8.43. The third-order valence-corrected chi connectivity index (χ3v) is 5.76. The molecule has 37 heavy (non-hydrogen) atoms. The quantitative estimate of drug-likeness (QED) is 0.260. The smallest absolute Gasteiger partial charge is 0.335 e. The monoisotopic (exact) mass is 500 g/mol. The van der Waals surface area contributed by atoms with Gasteiger partial charge >= 0.3 is 6.03 Å². The molecule has 1 heterocycles. The SMILES string of the molecule is CCc1cc(C)cc(OCCOc2ccc(C=C3C(=O)NC(=O)N(c4ccc(OC)cc4)C3=O)cc2)c1. The molecule has 0 radical (unpaired) electrons. The molecule has 3 aromatic rings. The van der Waals surface area contributed by atoms with E-state index in [1.165, 1.54) is 18.7 Å². The Morgan fingerprint density at radius 2 is 1.49 bits per heavy atom. The minimum absolute atomic E-state index is 0.151. The number of methoxy groups -OCH3 is 1. The number of amides is 4. The highest BCUT2D eigenvalue weighted by atomic mass is 16.5. The van der Waals surface area contributed by atoms with Gasteiger partial charge in [0.15, 0.2) is 0 Å². The molecule has 8 nitrogen and oxygen atoms in total. The number of carbonyl (C=O) groups excluding carboxylic acids is 3. The maximum Gasteiger partial charge on any atom is 0.335 e. The summed E-state index contributed by atoms with van der Waals surface area (Å²) < 4.78 is 16.7. The van der Waals surface area contributed by atoms with Crippen LogP contribution in [0.4, 0.5) is 10.5 Å². The highest BCUT2D eigenvalue weighted by molar-refractivity contribution is 6.39. The number of ether oxygens (including phenoxy) is 3. The van der Waals surface area contributed by atoms with Crippen molar-refractivity contribution in [2.24, 2.45) is 0 Å². The van der Waals surface area contributed by atoms with Gasteiger partial charge in [-0.15, -0.1) is 0 Å². The molecule has 0 aromatic heterocycles. The molecule has 0 spiro atoms. The number of benzene rings is 3. The summed E-state index contributed by atoms with van der Waals surface area (Å²) >= 11 is 0. The number of nitrogens with zero attached hydrogens (tertiary/aromatic N) is 1. The molecule has 0 aliphatic carbocycles. The summed E-state index contributed by atoms with van der Waals surface area (Å²) in [5.41, 5.74) is 3.16. The Bertz CT molecular complexity index is 1330. The average Bonchev–Trinajstić information content (AvgIpc) is 2.89. The predicted molar refractivity (Wildman–Crippen MR) is 140 cm³/mol. The van der Waals surface area contributed by atoms with E-state index in [1.807, 2.05) is 19.1 Å². The summed E-state index contributed by atoms with van der Waals surface area (Å²) in [5, 5.41) is 2.22. The van der Waals surface area contributed by atoms with Crippen LogP contribution in [0.5, 0.6) is 17.2 Å². The Balaban J connectivity index is 1.39. The van der Waals surface area contributed by atoms with Gasteiger partial charge < -0.3 is 14.2 Å². The summed E-state index contributed by atoms with van der Waals surface area (Å²) in [6.45, 7) is 4.89. The Morgan fingerprint density at radius 3 is 2.14 bits per heavy atom. The maximum atomic E-state index is 13.0. The second kappa shape index (κ2) is 11.4. The molecule has 1 aliphatic rings. The lowest BCUT2D eigenvalue weighted by Crippen LogP contribution is -2.54. The molecule has 0 saturated carbocycles. The molecule has 190 valence electrons. The van der Waals surface area contributed by atoms with Crippen LogP contribution in [0.3, 0.4) is 0 Å². The van der Waals surface area contributed by atoms with Gasteiger partial charge in [0, 0.05) is 0 Å². The first-order chi connectivity index (χ1) is 17.9. The maximum absolute atomic E-state index is 13.0. The zero-order valence-corrected chi connectivity index (χ0v) is 20.9. The van der Waals surface area contributed by atoms with Crippen molar-refractivity contribution < 1.29 is 28.6 Å². The van der Waals surface area contributed by atoms with Crippen LogP contribution in [0.15, 0.2) is 72.3 Å². The molecule has 1 N–H and O–H groups in total. The summed E-state index contributed by atoms with van der Waals surface area (Å²) in [7, 11) is 1.52. The van der Waals surface area contributed by atoms with Crippen LogP contribution in [0.1, 0.15) is 23.6 Å². The number of carbonyl (C=O) groups is 3. The summed E-state index contributed by atoms with van der Waals surface area (Å²) in [6.07, 6.45) is 2.39. The van der Waals surface area contributed by atoms with Gasteiger partial charge in [-0.2, -0.15) is 0 Å². The Labute approximate surface area is 215 Å². The van der Waals surface area contributed by atoms with Gasteiger partial charge in [-0.05, 0) is 84.6 Å². The van der Waals surface area contributed by atoms with Crippen molar-refractivity contribution in [3.05, 3.63) is 89.0 Å². The average molecular weight is 501 g/mol. The van der Waals surface area contributed by atoms with Crippen molar-refractivity contribution in [1.29, 1.82) is 0 Å². The van der Waals surface area contributed by atoms with Gasteiger partial charge in [-0.1, -0.05) is 25.1 Å². The molecule has 0 atom stereocenters. The number of anilines is 1. The number of nitrogens with one attached hydrogen (secondary N) is 1. The number of hydrogen-bond acceptors (Lipinski definition) is 6. The van der Waals surface area contributed by atoms with Crippen LogP contribution >= 0.6 is 0 Å². The molecule has 1 fully saturated rings. The number of hydrogen-bond donors (Lipinski definition) is 1.